The molecule has 0 saturated heterocycles. The van der Waals surface area contributed by atoms with Crippen LogP contribution >= 0.6 is 0 Å². The monoisotopic (exact) mass is 309 g/mol. The lowest BCUT2D eigenvalue weighted by Gasteiger charge is -2.06. The number of carbonyl (C=O) groups is 2. The second kappa shape index (κ2) is 7.94. The first-order valence-corrected chi connectivity index (χ1v) is 7.50. The third kappa shape index (κ3) is 4.81. The lowest BCUT2D eigenvalue weighted by molar-refractivity contribution is -0.111. The average molecular weight is 309 g/mol. The number of aryl methyl sites for hydroxylation is 1. The van der Waals surface area contributed by atoms with Crippen LogP contribution in [0.25, 0.3) is 6.08 Å². The molecule has 2 N–H and O–H groups in total. The summed E-state index contributed by atoms with van der Waals surface area (Å²) < 4.78 is 0. The number of hydrogen-bond donors (Lipinski definition) is 2. The van der Waals surface area contributed by atoms with E-state index in [-0.39, 0.29) is 17.2 Å². The van der Waals surface area contributed by atoms with Crippen LogP contribution < -0.4 is 5.32 Å². The standard InChI is InChI=1S/C19H19NO3/c1-2-6-14-7-5-8-15(13-14)11-12-18(21)20-17-10-4-3-9-16(17)19(22)23/h3-5,7-13H,2,6H2,1H3,(H,20,21)(H,22,23)/b12-11+. The number of carboxylic acid groups (broad SMARTS) is 1. The number of amides is 1. The smallest absolute Gasteiger partial charge is 0.337 e. The van der Waals surface area contributed by atoms with E-state index in [0.717, 1.165) is 18.4 Å². The second-order valence-electron chi connectivity index (χ2n) is 5.17. The Morgan fingerprint density at radius 3 is 2.65 bits per heavy atom. The summed E-state index contributed by atoms with van der Waals surface area (Å²) >= 11 is 0. The molecule has 0 aliphatic carbocycles. The van der Waals surface area contributed by atoms with E-state index in [1.54, 1.807) is 24.3 Å². The highest BCUT2D eigenvalue weighted by atomic mass is 16.4. The summed E-state index contributed by atoms with van der Waals surface area (Å²) in [7, 11) is 0. The van der Waals surface area contributed by atoms with Gasteiger partial charge in [-0.25, -0.2) is 4.79 Å². The first-order chi connectivity index (χ1) is 11.1. The molecule has 0 unspecified atom stereocenters. The van der Waals surface area contributed by atoms with Gasteiger partial charge in [0, 0.05) is 6.08 Å². The largest absolute Gasteiger partial charge is 0.478 e. The molecule has 2 rings (SSSR count). The Bertz CT molecular complexity index is 735. The van der Waals surface area contributed by atoms with Gasteiger partial charge in [-0.2, -0.15) is 0 Å². The zero-order valence-electron chi connectivity index (χ0n) is 13.0. The zero-order chi connectivity index (χ0) is 16.7. The van der Waals surface area contributed by atoms with E-state index >= 15 is 0 Å². The van der Waals surface area contributed by atoms with Gasteiger partial charge >= 0.3 is 5.97 Å². The minimum absolute atomic E-state index is 0.0687. The number of aromatic carboxylic acids is 1. The number of carbonyl (C=O) groups excluding carboxylic acids is 1. The van der Waals surface area contributed by atoms with Crippen LogP contribution in [0.4, 0.5) is 5.69 Å². The molecule has 0 aliphatic rings. The minimum atomic E-state index is -1.07. The van der Waals surface area contributed by atoms with Crippen LogP contribution in [-0.2, 0) is 11.2 Å². The van der Waals surface area contributed by atoms with Crippen LogP contribution in [0, 0.1) is 0 Å². The molecule has 23 heavy (non-hydrogen) atoms. The number of hydrogen-bond acceptors (Lipinski definition) is 2. The van der Waals surface area contributed by atoms with Gasteiger partial charge < -0.3 is 10.4 Å². The normalized spacial score (nSPS) is 10.7. The third-order valence-corrected chi connectivity index (χ3v) is 3.33. The fourth-order valence-corrected chi connectivity index (χ4v) is 2.27. The highest BCUT2D eigenvalue weighted by Crippen LogP contribution is 2.15. The van der Waals surface area contributed by atoms with Crippen molar-refractivity contribution in [3.63, 3.8) is 0 Å². The quantitative estimate of drug-likeness (QED) is 0.793. The number of carboxylic acids is 1. The molecular weight excluding hydrogens is 290 g/mol. The molecule has 118 valence electrons. The maximum Gasteiger partial charge on any atom is 0.337 e. The summed E-state index contributed by atoms with van der Waals surface area (Å²) in [5.74, 6) is -1.43. The van der Waals surface area contributed by atoms with Crippen molar-refractivity contribution in [2.24, 2.45) is 0 Å². The molecular formula is C19H19NO3. The highest BCUT2D eigenvalue weighted by molar-refractivity contribution is 6.06. The van der Waals surface area contributed by atoms with E-state index in [4.69, 9.17) is 5.11 Å². The Morgan fingerprint density at radius 1 is 1.13 bits per heavy atom. The summed E-state index contributed by atoms with van der Waals surface area (Å²) in [6.07, 6.45) is 5.20. The number of nitrogens with one attached hydrogen (secondary N) is 1. The number of benzene rings is 2. The lowest BCUT2D eigenvalue weighted by atomic mass is 10.1. The van der Waals surface area contributed by atoms with Gasteiger partial charge in [0.05, 0.1) is 11.3 Å². The molecule has 2 aromatic rings. The molecule has 0 fully saturated rings. The van der Waals surface area contributed by atoms with E-state index in [0.29, 0.717) is 0 Å². The molecule has 0 bridgehead atoms. The SMILES string of the molecule is CCCc1cccc(/C=C/C(=O)Nc2ccccc2C(=O)O)c1. The molecule has 4 nitrogen and oxygen atoms in total. The zero-order valence-corrected chi connectivity index (χ0v) is 13.0. The van der Waals surface area contributed by atoms with Gasteiger partial charge in [0.25, 0.3) is 0 Å². The Kier molecular flexibility index (Phi) is 5.69. The van der Waals surface area contributed by atoms with Crippen LogP contribution in [0.5, 0.6) is 0 Å². The number of para-hydroxylation sites is 1. The van der Waals surface area contributed by atoms with Crippen molar-refractivity contribution >= 4 is 23.6 Å². The third-order valence-electron chi connectivity index (χ3n) is 3.33. The first kappa shape index (κ1) is 16.5. The van der Waals surface area contributed by atoms with Crippen molar-refractivity contribution in [3.8, 4) is 0 Å². The summed E-state index contributed by atoms with van der Waals surface area (Å²) in [4.78, 5) is 23.1. The maximum absolute atomic E-state index is 12.0. The van der Waals surface area contributed by atoms with Crippen molar-refractivity contribution in [2.75, 3.05) is 5.32 Å². The van der Waals surface area contributed by atoms with Crippen molar-refractivity contribution in [1.82, 2.24) is 0 Å². The topological polar surface area (TPSA) is 66.4 Å². The summed E-state index contributed by atoms with van der Waals surface area (Å²) in [6.45, 7) is 2.12. The van der Waals surface area contributed by atoms with Gasteiger partial charge in [-0.3, -0.25) is 4.79 Å². The average Bonchev–Trinajstić information content (AvgIpc) is 2.54. The molecule has 0 saturated carbocycles. The van der Waals surface area contributed by atoms with Crippen LogP contribution in [-0.4, -0.2) is 17.0 Å². The van der Waals surface area contributed by atoms with E-state index in [9.17, 15) is 9.59 Å². The lowest BCUT2D eigenvalue weighted by Crippen LogP contribution is -2.11. The van der Waals surface area contributed by atoms with Crippen molar-refractivity contribution in [1.29, 1.82) is 0 Å². The Balaban J connectivity index is 2.08. The molecule has 0 aliphatic heterocycles. The maximum atomic E-state index is 12.0. The van der Waals surface area contributed by atoms with E-state index < -0.39 is 5.97 Å². The van der Waals surface area contributed by atoms with E-state index in [2.05, 4.69) is 18.3 Å². The van der Waals surface area contributed by atoms with Gasteiger partial charge in [0.1, 0.15) is 0 Å². The van der Waals surface area contributed by atoms with Gasteiger partial charge in [0.15, 0.2) is 0 Å². The summed E-state index contributed by atoms with van der Waals surface area (Å²) in [5, 5.41) is 11.7. The molecule has 1 amide bonds. The summed E-state index contributed by atoms with van der Waals surface area (Å²) in [6, 6.07) is 14.3. The molecule has 0 radical (unpaired) electrons. The molecule has 0 heterocycles. The predicted octanol–water partition coefficient (Wildman–Crippen LogP) is 3.99. The van der Waals surface area contributed by atoms with Crippen molar-refractivity contribution in [2.45, 2.75) is 19.8 Å². The summed E-state index contributed by atoms with van der Waals surface area (Å²) in [5.41, 5.74) is 2.53. The Labute approximate surface area is 135 Å². The van der Waals surface area contributed by atoms with Gasteiger partial charge in [-0.05, 0) is 35.8 Å². The van der Waals surface area contributed by atoms with Crippen LogP contribution in [0.1, 0.15) is 34.8 Å². The van der Waals surface area contributed by atoms with Crippen LogP contribution in [0.15, 0.2) is 54.6 Å². The van der Waals surface area contributed by atoms with Gasteiger partial charge in [-0.1, -0.05) is 49.7 Å². The highest BCUT2D eigenvalue weighted by Gasteiger charge is 2.10. The fourth-order valence-electron chi connectivity index (χ4n) is 2.27. The molecule has 0 atom stereocenters. The van der Waals surface area contributed by atoms with E-state index in [1.807, 2.05) is 18.2 Å². The number of anilines is 1. The second-order valence-corrected chi connectivity index (χ2v) is 5.17. The predicted molar refractivity (Wildman–Crippen MR) is 91.5 cm³/mol. The van der Waals surface area contributed by atoms with Crippen molar-refractivity contribution in [3.05, 3.63) is 71.3 Å². The van der Waals surface area contributed by atoms with Crippen LogP contribution in [0.3, 0.4) is 0 Å². The van der Waals surface area contributed by atoms with Gasteiger partial charge in [0.2, 0.25) is 5.91 Å². The molecule has 0 aromatic heterocycles. The number of rotatable bonds is 6. The van der Waals surface area contributed by atoms with E-state index in [1.165, 1.54) is 17.7 Å². The minimum Gasteiger partial charge on any atom is -0.478 e. The van der Waals surface area contributed by atoms with Gasteiger partial charge in [-0.15, -0.1) is 0 Å². The van der Waals surface area contributed by atoms with Crippen molar-refractivity contribution < 1.29 is 14.7 Å². The Morgan fingerprint density at radius 2 is 1.91 bits per heavy atom. The molecule has 4 heteroatoms. The first-order valence-electron chi connectivity index (χ1n) is 7.50. The fraction of sp³-hybridized carbons (Fsp3) is 0.158. The molecule has 0 spiro atoms. The Hall–Kier alpha value is -2.88. The van der Waals surface area contributed by atoms with Crippen LogP contribution in [0.2, 0.25) is 0 Å². The molecule has 2 aromatic carbocycles.